The van der Waals surface area contributed by atoms with Crippen molar-refractivity contribution in [2.45, 2.75) is 361 Å². The van der Waals surface area contributed by atoms with Gasteiger partial charge >= 0.3 is 17.9 Å². The van der Waals surface area contributed by atoms with Crippen LogP contribution in [-0.4, -0.2) is 37.2 Å². The molecule has 448 valence electrons. The first-order valence-corrected chi connectivity index (χ1v) is 33.8. The highest BCUT2D eigenvalue weighted by atomic mass is 16.6. The Morgan fingerprint density at radius 1 is 0.260 bits per heavy atom. The number of carbonyl (C=O) groups is 3. The minimum Gasteiger partial charge on any atom is -0.462 e. The lowest BCUT2D eigenvalue weighted by Crippen LogP contribution is -2.30. The summed E-state index contributed by atoms with van der Waals surface area (Å²) in [4.78, 5) is 38.4. The Hall–Kier alpha value is -2.89. The lowest BCUT2D eigenvalue weighted by atomic mass is 10.0. The van der Waals surface area contributed by atoms with Crippen molar-refractivity contribution in [3.63, 3.8) is 0 Å². The van der Waals surface area contributed by atoms with Gasteiger partial charge in [0.2, 0.25) is 0 Å². The van der Waals surface area contributed by atoms with Gasteiger partial charge in [-0.2, -0.15) is 0 Å². The predicted octanol–water partition coefficient (Wildman–Crippen LogP) is 23.1. The van der Waals surface area contributed by atoms with E-state index in [0.717, 1.165) is 96.3 Å². The van der Waals surface area contributed by atoms with Gasteiger partial charge in [0.25, 0.3) is 0 Å². The van der Waals surface area contributed by atoms with Crippen LogP contribution >= 0.6 is 0 Å². The highest BCUT2D eigenvalue weighted by Crippen LogP contribution is 2.17. The molecule has 0 saturated heterocycles. The third-order valence-corrected chi connectivity index (χ3v) is 15.0. The smallest absolute Gasteiger partial charge is 0.306 e. The summed E-state index contributed by atoms with van der Waals surface area (Å²) >= 11 is 0. The van der Waals surface area contributed by atoms with Gasteiger partial charge in [0.05, 0.1) is 0 Å². The number of unbranched alkanes of at least 4 members (excludes halogenated alkanes) is 41. The molecule has 6 heteroatoms. The average Bonchev–Trinajstić information content (AvgIpc) is 3.43. The van der Waals surface area contributed by atoms with E-state index in [9.17, 15) is 14.4 Å². The Balaban J connectivity index is 4.34. The van der Waals surface area contributed by atoms with Crippen molar-refractivity contribution in [1.29, 1.82) is 0 Å². The van der Waals surface area contributed by atoms with Crippen LogP contribution in [0.5, 0.6) is 0 Å². The lowest BCUT2D eigenvalue weighted by Gasteiger charge is -2.18. The van der Waals surface area contributed by atoms with Gasteiger partial charge in [-0.3, -0.25) is 14.4 Å². The Morgan fingerprint density at radius 3 is 0.753 bits per heavy atom. The number of ether oxygens (including phenoxy) is 3. The fourth-order valence-corrected chi connectivity index (χ4v) is 9.89. The Labute approximate surface area is 479 Å². The molecule has 0 radical (unpaired) electrons. The summed E-state index contributed by atoms with van der Waals surface area (Å²) in [6.45, 7) is 6.64. The minimum atomic E-state index is -0.783. The normalized spacial score (nSPS) is 12.4. The third-order valence-electron chi connectivity index (χ3n) is 15.0. The molecule has 77 heavy (non-hydrogen) atoms. The first-order chi connectivity index (χ1) is 38.0. The molecule has 0 fully saturated rings. The number of rotatable bonds is 62. The topological polar surface area (TPSA) is 78.9 Å². The highest BCUT2D eigenvalue weighted by molar-refractivity contribution is 5.71. The zero-order valence-corrected chi connectivity index (χ0v) is 51.5. The molecule has 0 spiro atoms. The quantitative estimate of drug-likeness (QED) is 0.0261. The Bertz CT molecular complexity index is 1380. The van der Waals surface area contributed by atoms with Gasteiger partial charge in [0.1, 0.15) is 13.2 Å². The van der Waals surface area contributed by atoms with Crippen molar-refractivity contribution in [1.82, 2.24) is 0 Å². The second-order valence-corrected chi connectivity index (χ2v) is 22.7. The van der Waals surface area contributed by atoms with Crippen LogP contribution in [0.25, 0.3) is 0 Å². The van der Waals surface area contributed by atoms with Gasteiger partial charge in [-0.05, 0) is 89.9 Å². The maximum absolute atomic E-state index is 12.9. The van der Waals surface area contributed by atoms with E-state index in [1.165, 1.54) is 218 Å². The van der Waals surface area contributed by atoms with Crippen molar-refractivity contribution in [2.24, 2.45) is 0 Å². The molecule has 1 unspecified atom stereocenters. The van der Waals surface area contributed by atoms with E-state index in [0.29, 0.717) is 19.3 Å². The molecule has 0 aliphatic carbocycles. The predicted molar refractivity (Wildman–Crippen MR) is 335 cm³/mol. The van der Waals surface area contributed by atoms with Gasteiger partial charge in [-0.15, -0.1) is 0 Å². The SMILES string of the molecule is CCCCC/C=C\C/C=C\CCCCCCCC(=O)OCC(COC(=O)CCCCCCCCCC/C=C\C/C=C\C/C=C\CCCCCCC)OC(=O)CCCCCCCCCCCCCCCCCCCCCCC. The molecule has 0 N–H and O–H groups in total. The number of esters is 3. The Morgan fingerprint density at radius 2 is 0.468 bits per heavy atom. The van der Waals surface area contributed by atoms with E-state index in [-0.39, 0.29) is 31.1 Å². The van der Waals surface area contributed by atoms with Crippen LogP contribution in [0, 0.1) is 0 Å². The molecular weight excluding hydrogens is 949 g/mol. The van der Waals surface area contributed by atoms with Crippen molar-refractivity contribution in [3.8, 4) is 0 Å². The zero-order valence-electron chi connectivity index (χ0n) is 51.5. The molecule has 0 heterocycles. The van der Waals surface area contributed by atoms with Crippen LogP contribution in [0.3, 0.4) is 0 Å². The molecule has 0 aromatic carbocycles. The minimum absolute atomic E-state index is 0.0797. The summed E-state index contributed by atoms with van der Waals surface area (Å²) in [5, 5.41) is 0. The van der Waals surface area contributed by atoms with Crippen LogP contribution < -0.4 is 0 Å². The van der Waals surface area contributed by atoms with Crippen molar-refractivity contribution in [2.75, 3.05) is 13.2 Å². The second kappa shape index (κ2) is 65.6. The molecule has 0 saturated carbocycles. The van der Waals surface area contributed by atoms with Crippen molar-refractivity contribution in [3.05, 3.63) is 60.8 Å². The molecule has 0 bridgehead atoms. The van der Waals surface area contributed by atoms with Gasteiger partial charge in [0, 0.05) is 19.3 Å². The van der Waals surface area contributed by atoms with Gasteiger partial charge < -0.3 is 14.2 Å². The summed E-state index contributed by atoms with van der Waals surface area (Å²) in [6.07, 6.45) is 83.7. The molecule has 6 nitrogen and oxygen atoms in total. The molecule has 0 aliphatic heterocycles. The van der Waals surface area contributed by atoms with Crippen LogP contribution in [-0.2, 0) is 28.6 Å². The van der Waals surface area contributed by atoms with Gasteiger partial charge in [-0.25, -0.2) is 0 Å². The summed E-state index contributed by atoms with van der Waals surface area (Å²) in [6, 6.07) is 0. The first kappa shape index (κ1) is 74.1. The van der Waals surface area contributed by atoms with Crippen LogP contribution in [0.15, 0.2) is 60.8 Å². The monoisotopic (exact) mass is 1080 g/mol. The maximum Gasteiger partial charge on any atom is 0.306 e. The molecule has 0 aromatic heterocycles. The number of carbonyl (C=O) groups excluding carboxylic acids is 3. The van der Waals surface area contributed by atoms with Crippen LogP contribution in [0.2, 0.25) is 0 Å². The van der Waals surface area contributed by atoms with Crippen molar-refractivity contribution < 1.29 is 28.6 Å². The maximum atomic E-state index is 12.9. The molecule has 0 rings (SSSR count). The van der Waals surface area contributed by atoms with E-state index in [4.69, 9.17) is 14.2 Å². The summed E-state index contributed by atoms with van der Waals surface area (Å²) in [7, 11) is 0. The molecular formula is C71H128O6. The first-order valence-electron chi connectivity index (χ1n) is 33.8. The number of hydrogen-bond acceptors (Lipinski definition) is 6. The average molecular weight is 1080 g/mol. The van der Waals surface area contributed by atoms with E-state index < -0.39 is 6.10 Å². The number of hydrogen-bond donors (Lipinski definition) is 0. The second-order valence-electron chi connectivity index (χ2n) is 22.7. The standard InChI is InChI=1S/C71H128O6/c1-4-7-10-13-16-19-22-25-28-30-32-34-35-37-38-40-43-46-49-52-55-58-61-64-70(73)76-67-68(66-75-69(72)63-60-57-54-51-48-45-42-27-24-21-18-15-12-9-6-3)77-71(74)65-62-59-56-53-50-47-44-41-39-36-33-31-29-26-23-20-17-14-11-8-5-2/h18,21-22,25,27,30,32,35,37,42,68H,4-17,19-20,23-24,26,28-29,31,33-34,36,38-41,43-67H2,1-3H3/b21-18-,25-22-,32-30-,37-35-,42-27-. The van der Waals surface area contributed by atoms with E-state index in [1.54, 1.807) is 0 Å². The fraction of sp³-hybridized carbons (Fsp3) is 0.817. The van der Waals surface area contributed by atoms with Gasteiger partial charge in [0.15, 0.2) is 6.10 Å². The van der Waals surface area contributed by atoms with E-state index >= 15 is 0 Å². The zero-order chi connectivity index (χ0) is 55.7. The van der Waals surface area contributed by atoms with Crippen LogP contribution in [0.1, 0.15) is 355 Å². The Kier molecular flexibility index (Phi) is 63.2. The largest absolute Gasteiger partial charge is 0.462 e. The van der Waals surface area contributed by atoms with Crippen molar-refractivity contribution >= 4 is 17.9 Å². The van der Waals surface area contributed by atoms with Gasteiger partial charge in [-0.1, -0.05) is 306 Å². The molecule has 0 aliphatic rings. The summed E-state index contributed by atoms with van der Waals surface area (Å²) in [5.41, 5.74) is 0. The highest BCUT2D eigenvalue weighted by Gasteiger charge is 2.19. The number of allylic oxidation sites excluding steroid dienone is 10. The fourth-order valence-electron chi connectivity index (χ4n) is 9.89. The summed E-state index contributed by atoms with van der Waals surface area (Å²) < 4.78 is 17.0. The molecule has 0 amide bonds. The molecule has 0 aromatic rings. The van der Waals surface area contributed by atoms with E-state index in [2.05, 4.69) is 81.5 Å². The summed E-state index contributed by atoms with van der Waals surface area (Å²) in [5.74, 6) is -0.878. The molecule has 1 atom stereocenters. The van der Waals surface area contributed by atoms with E-state index in [1.807, 2.05) is 0 Å². The lowest BCUT2D eigenvalue weighted by molar-refractivity contribution is -0.167. The van der Waals surface area contributed by atoms with Crippen LogP contribution in [0.4, 0.5) is 0 Å². The third kappa shape index (κ3) is 63.8.